The fourth-order valence-corrected chi connectivity index (χ4v) is 5.51. The molecular formula is C19H29N5O5S. The molecular weight excluding hydrogens is 410 g/mol. The number of nitrogens with zero attached hydrogens (tertiary/aromatic N) is 4. The Morgan fingerprint density at radius 3 is 2.23 bits per heavy atom. The molecule has 0 unspecified atom stereocenters. The molecule has 166 valence electrons. The van der Waals surface area contributed by atoms with Crippen LogP contribution in [0.4, 0.5) is 11.4 Å². The number of hydrogen-bond donors (Lipinski definition) is 1. The average Bonchev–Trinajstić information content (AvgIpc) is 3.00. The van der Waals surface area contributed by atoms with Crippen LogP contribution < -0.4 is 5.32 Å². The Morgan fingerprint density at radius 1 is 1.03 bits per heavy atom. The number of amides is 1. The number of rotatable bonds is 6. The maximum absolute atomic E-state index is 12.9. The monoisotopic (exact) mass is 439 g/mol. The van der Waals surface area contributed by atoms with Gasteiger partial charge in [0.2, 0.25) is 5.91 Å². The first-order valence-electron chi connectivity index (χ1n) is 10.3. The minimum absolute atomic E-state index is 0.0415. The third kappa shape index (κ3) is 5.54. The van der Waals surface area contributed by atoms with Crippen molar-refractivity contribution in [3.63, 3.8) is 0 Å². The topological polar surface area (TPSA) is 116 Å². The molecule has 1 aromatic carbocycles. The number of carbonyl (C=O) groups excluding carboxylic acids is 1. The lowest BCUT2D eigenvalue weighted by atomic mass is 10.2. The number of aryl methyl sites for hydroxylation is 1. The molecule has 10 nitrogen and oxygen atoms in total. The molecule has 2 aliphatic heterocycles. The molecule has 11 heteroatoms. The van der Waals surface area contributed by atoms with Crippen molar-refractivity contribution in [2.24, 2.45) is 0 Å². The molecule has 0 aliphatic carbocycles. The number of nitro groups is 1. The molecule has 2 aliphatic rings. The molecule has 3 rings (SSSR count). The number of hydrogen-bond acceptors (Lipinski definition) is 6. The predicted octanol–water partition coefficient (Wildman–Crippen LogP) is 1.58. The predicted molar refractivity (Wildman–Crippen MR) is 113 cm³/mol. The fraction of sp³-hybridized carbons (Fsp3) is 0.632. The summed E-state index contributed by atoms with van der Waals surface area (Å²) in [5, 5.41) is 13.7. The standard InChI is InChI=1S/C19H29N5O5S/c1-16-6-7-17(14-18(16)24(26)27)20-19(25)15-21-10-12-23(13-11-21)30(28,29)22-8-4-2-3-5-9-22/h6-7,14H,2-5,8-13,15H2,1H3,(H,20,25). The summed E-state index contributed by atoms with van der Waals surface area (Å²) in [4.78, 5) is 24.8. The molecule has 1 amide bonds. The largest absolute Gasteiger partial charge is 0.325 e. The zero-order valence-electron chi connectivity index (χ0n) is 17.2. The first-order valence-corrected chi connectivity index (χ1v) is 11.7. The average molecular weight is 440 g/mol. The van der Waals surface area contributed by atoms with E-state index < -0.39 is 15.1 Å². The number of nitro benzene ring substituents is 1. The van der Waals surface area contributed by atoms with E-state index in [0.29, 0.717) is 50.5 Å². The Bertz CT molecular complexity index is 875. The van der Waals surface area contributed by atoms with Crippen LogP contribution in [-0.4, -0.2) is 78.6 Å². The van der Waals surface area contributed by atoms with Gasteiger partial charge in [-0.05, 0) is 25.8 Å². The molecule has 0 bridgehead atoms. The molecule has 0 spiro atoms. The van der Waals surface area contributed by atoms with E-state index in [0.717, 1.165) is 25.7 Å². The van der Waals surface area contributed by atoms with Crippen molar-refractivity contribution in [2.45, 2.75) is 32.6 Å². The molecule has 2 heterocycles. The van der Waals surface area contributed by atoms with Crippen LogP contribution in [0.1, 0.15) is 31.2 Å². The van der Waals surface area contributed by atoms with Crippen molar-refractivity contribution in [1.29, 1.82) is 0 Å². The van der Waals surface area contributed by atoms with Crippen LogP contribution in [0.5, 0.6) is 0 Å². The van der Waals surface area contributed by atoms with Crippen molar-refractivity contribution >= 4 is 27.5 Å². The second-order valence-corrected chi connectivity index (χ2v) is 9.73. The van der Waals surface area contributed by atoms with E-state index in [-0.39, 0.29) is 18.1 Å². The normalized spacial score (nSPS) is 19.9. The van der Waals surface area contributed by atoms with Gasteiger partial charge in [-0.15, -0.1) is 0 Å². The second kappa shape index (κ2) is 9.82. The zero-order valence-corrected chi connectivity index (χ0v) is 18.1. The second-order valence-electron chi connectivity index (χ2n) is 7.80. The van der Waals surface area contributed by atoms with Gasteiger partial charge in [0.15, 0.2) is 0 Å². The van der Waals surface area contributed by atoms with E-state index in [1.54, 1.807) is 23.4 Å². The molecule has 2 saturated heterocycles. The van der Waals surface area contributed by atoms with Gasteiger partial charge >= 0.3 is 0 Å². The summed E-state index contributed by atoms with van der Waals surface area (Å²) in [5.41, 5.74) is 0.861. The van der Waals surface area contributed by atoms with Crippen molar-refractivity contribution < 1.29 is 18.1 Å². The fourth-order valence-electron chi connectivity index (χ4n) is 3.84. The Labute approximate surface area is 177 Å². The van der Waals surface area contributed by atoms with Crippen LogP contribution in [-0.2, 0) is 15.0 Å². The van der Waals surface area contributed by atoms with Crippen molar-refractivity contribution in [2.75, 3.05) is 51.1 Å². The maximum Gasteiger partial charge on any atom is 0.282 e. The summed E-state index contributed by atoms with van der Waals surface area (Å²) in [6, 6.07) is 4.57. The minimum atomic E-state index is -3.45. The third-order valence-corrected chi connectivity index (χ3v) is 7.64. The van der Waals surface area contributed by atoms with Crippen molar-refractivity contribution in [3.8, 4) is 0 Å². The first kappa shape index (κ1) is 22.6. The van der Waals surface area contributed by atoms with E-state index in [1.807, 2.05) is 4.90 Å². The van der Waals surface area contributed by atoms with Gasteiger partial charge in [-0.2, -0.15) is 17.0 Å². The number of benzene rings is 1. The molecule has 0 saturated carbocycles. The Balaban J connectivity index is 1.51. The highest BCUT2D eigenvalue weighted by Gasteiger charge is 2.32. The lowest BCUT2D eigenvalue weighted by Crippen LogP contribution is -2.54. The van der Waals surface area contributed by atoms with Gasteiger partial charge in [0.05, 0.1) is 11.5 Å². The summed E-state index contributed by atoms with van der Waals surface area (Å²) in [5.74, 6) is -0.281. The Morgan fingerprint density at radius 2 is 1.63 bits per heavy atom. The highest BCUT2D eigenvalue weighted by Crippen LogP contribution is 2.22. The highest BCUT2D eigenvalue weighted by molar-refractivity contribution is 7.86. The lowest BCUT2D eigenvalue weighted by Gasteiger charge is -2.36. The summed E-state index contributed by atoms with van der Waals surface area (Å²) < 4.78 is 28.9. The molecule has 1 N–H and O–H groups in total. The van der Waals surface area contributed by atoms with Crippen LogP contribution in [0.2, 0.25) is 0 Å². The van der Waals surface area contributed by atoms with E-state index in [1.165, 1.54) is 10.4 Å². The van der Waals surface area contributed by atoms with Gasteiger partial charge < -0.3 is 5.32 Å². The molecule has 0 atom stereocenters. The van der Waals surface area contributed by atoms with Crippen LogP contribution >= 0.6 is 0 Å². The van der Waals surface area contributed by atoms with E-state index in [4.69, 9.17) is 0 Å². The number of piperazine rings is 1. The molecule has 30 heavy (non-hydrogen) atoms. The van der Waals surface area contributed by atoms with E-state index in [9.17, 15) is 23.3 Å². The number of nitrogens with one attached hydrogen (secondary N) is 1. The van der Waals surface area contributed by atoms with Crippen LogP contribution in [0.3, 0.4) is 0 Å². The van der Waals surface area contributed by atoms with Crippen LogP contribution in [0.25, 0.3) is 0 Å². The van der Waals surface area contributed by atoms with Crippen LogP contribution in [0, 0.1) is 17.0 Å². The highest BCUT2D eigenvalue weighted by atomic mass is 32.2. The first-order chi connectivity index (χ1) is 14.3. The van der Waals surface area contributed by atoms with Gasteiger partial charge in [-0.25, -0.2) is 0 Å². The SMILES string of the molecule is Cc1ccc(NC(=O)CN2CCN(S(=O)(=O)N3CCCCCC3)CC2)cc1[N+](=O)[O-]. The van der Waals surface area contributed by atoms with Gasteiger partial charge in [-0.1, -0.05) is 18.9 Å². The number of anilines is 1. The third-order valence-electron chi connectivity index (χ3n) is 5.61. The minimum Gasteiger partial charge on any atom is -0.325 e. The molecule has 1 aromatic rings. The van der Waals surface area contributed by atoms with E-state index >= 15 is 0 Å². The summed E-state index contributed by atoms with van der Waals surface area (Å²) in [6.07, 6.45) is 3.94. The summed E-state index contributed by atoms with van der Waals surface area (Å²) in [6.45, 7) is 4.54. The molecule has 2 fully saturated rings. The van der Waals surface area contributed by atoms with E-state index in [2.05, 4.69) is 5.32 Å². The van der Waals surface area contributed by atoms with Crippen LogP contribution in [0.15, 0.2) is 18.2 Å². The van der Waals surface area contributed by atoms with Gasteiger partial charge in [-0.3, -0.25) is 19.8 Å². The van der Waals surface area contributed by atoms with Crippen molar-refractivity contribution in [1.82, 2.24) is 13.5 Å². The van der Waals surface area contributed by atoms with Crippen molar-refractivity contribution in [3.05, 3.63) is 33.9 Å². The van der Waals surface area contributed by atoms with Gasteiger partial charge in [0.1, 0.15) is 0 Å². The smallest absolute Gasteiger partial charge is 0.282 e. The van der Waals surface area contributed by atoms with Gasteiger partial charge in [0.25, 0.3) is 15.9 Å². The molecule has 0 radical (unpaired) electrons. The Kier molecular flexibility index (Phi) is 7.40. The lowest BCUT2D eigenvalue weighted by molar-refractivity contribution is -0.385. The zero-order chi connectivity index (χ0) is 21.7. The van der Waals surface area contributed by atoms with Gasteiger partial charge in [0, 0.05) is 56.6 Å². The summed E-state index contributed by atoms with van der Waals surface area (Å²) in [7, 11) is -3.45. The maximum atomic E-state index is 12.9. The number of carbonyl (C=O) groups is 1. The summed E-state index contributed by atoms with van der Waals surface area (Å²) >= 11 is 0. The molecule has 0 aromatic heterocycles. The Hall–Kier alpha value is -2.08. The quantitative estimate of drug-likeness (QED) is 0.531.